The second kappa shape index (κ2) is 10.5. The molecule has 0 atom stereocenters. The topological polar surface area (TPSA) is 47.6 Å². The van der Waals surface area contributed by atoms with Crippen LogP contribution in [0.15, 0.2) is 30.3 Å². The van der Waals surface area contributed by atoms with E-state index >= 15 is 0 Å². The quantitative estimate of drug-likeness (QED) is 0.632. The average molecular weight is 410 g/mol. The smallest absolute Gasteiger partial charge is 0.251 e. The molecule has 0 heterocycles. The Morgan fingerprint density at radius 3 is 2.37 bits per heavy atom. The lowest BCUT2D eigenvalue weighted by atomic mass is 9.96. The second-order valence-electron chi connectivity index (χ2n) is 8.54. The van der Waals surface area contributed by atoms with Crippen molar-refractivity contribution >= 4 is 5.91 Å². The Kier molecular flexibility index (Phi) is 7.78. The van der Waals surface area contributed by atoms with Crippen LogP contribution in [-0.2, 0) is 6.61 Å². The molecule has 30 heavy (non-hydrogen) atoms. The van der Waals surface area contributed by atoms with Gasteiger partial charge in [0.05, 0.1) is 7.11 Å². The van der Waals surface area contributed by atoms with E-state index in [9.17, 15) is 4.79 Å². The first-order valence-electron chi connectivity index (χ1n) is 11.2. The van der Waals surface area contributed by atoms with Gasteiger partial charge < -0.3 is 14.8 Å². The number of hydrogen-bond acceptors (Lipinski definition) is 3. The summed E-state index contributed by atoms with van der Waals surface area (Å²) in [5.74, 6) is 1.60. The van der Waals surface area contributed by atoms with Gasteiger partial charge in [-0.25, -0.2) is 0 Å². The minimum atomic E-state index is -0.00735. The number of aryl methyl sites for hydroxylation is 2. The Morgan fingerprint density at radius 1 is 0.967 bits per heavy atom. The lowest BCUT2D eigenvalue weighted by Crippen LogP contribution is -2.35. The normalized spacial score (nSPS) is 15.2. The van der Waals surface area contributed by atoms with Gasteiger partial charge in [-0.15, -0.1) is 0 Å². The maximum absolute atomic E-state index is 12.9. The van der Waals surface area contributed by atoms with Crippen LogP contribution in [0.3, 0.4) is 0 Å². The first kappa shape index (κ1) is 22.2. The van der Waals surface area contributed by atoms with Crippen molar-refractivity contribution in [2.45, 2.75) is 78.4 Å². The van der Waals surface area contributed by atoms with E-state index < -0.39 is 0 Å². The highest BCUT2D eigenvalue weighted by atomic mass is 16.5. The number of carbonyl (C=O) groups excluding carboxylic acids is 1. The van der Waals surface area contributed by atoms with E-state index in [-0.39, 0.29) is 11.9 Å². The summed E-state index contributed by atoms with van der Waals surface area (Å²) < 4.78 is 11.6. The van der Waals surface area contributed by atoms with E-state index in [0.717, 1.165) is 35.5 Å². The van der Waals surface area contributed by atoms with Crippen molar-refractivity contribution in [3.8, 4) is 11.5 Å². The zero-order valence-corrected chi connectivity index (χ0v) is 18.8. The highest BCUT2D eigenvalue weighted by molar-refractivity contribution is 5.94. The summed E-state index contributed by atoms with van der Waals surface area (Å²) in [5, 5.41) is 3.24. The number of methoxy groups -OCH3 is 1. The predicted octanol–water partition coefficient (Wildman–Crippen LogP) is 6.04. The molecule has 1 fully saturated rings. The van der Waals surface area contributed by atoms with E-state index in [0.29, 0.717) is 12.2 Å². The van der Waals surface area contributed by atoms with Crippen LogP contribution in [0.5, 0.6) is 11.5 Å². The molecule has 3 rings (SSSR count). The van der Waals surface area contributed by atoms with Crippen LogP contribution in [0.4, 0.5) is 0 Å². The molecule has 2 aromatic rings. The maximum Gasteiger partial charge on any atom is 0.251 e. The molecule has 1 saturated carbocycles. The Labute approximate surface area is 181 Å². The summed E-state index contributed by atoms with van der Waals surface area (Å²) >= 11 is 0. The lowest BCUT2D eigenvalue weighted by Gasteiger charge is -2.21. The second-order valence-corrected chi connectivity index (χ2v) is 8.54. The van der Waals surface area contributed by atoms with Crippen LogP contribution in [0.1, 0.15) is 77.6 Å². The van der Waals surface area contributed by atoms with Gasteiger partial charge in [-0.1, -0.05) is 38.2 Å². The fourth-order valence-corrected chi connectivity index (χ4v) is 4.21. The van der Waals surface area contributed by atoms with Crippen molar-refractivity contribution in [1.29, 1.82) is 0 Å². The maximum atomic E-state index is 12.9. The fraction of sp³-hybridized carbons (Fsp3) is 0.500. The molecule has 4 heteroatoms. The molecule has 1 N–H and O–H groups in total. The van der Waals surface area contributed by atoms with Gasteiger partial charge in [0, 0.05) is 17.2 Å². The van der Waals surface area contributed by atoms with Crippen LogP contribution in [-0.4, -0.2) is 19.1 Å². The highest BCUT2D eigenvalue weighted by Gasteiger charge is 2.17. The van der Waals surface area contributed by atoms with Crippen LogP contribution in [0, 0.1) is 20.8 Å². The fourth-order valence-electron chi connectivity index (χ4n) is 4.21. The molecule has 0 spiro atoms. The van der Waals surface area contributed by atoms with Crippen molar-refractivity contribution in [2.75, 3.05) is 7.11 Å². The molecule has 0 bridgehead atoms. The zero-order valence-electron chi connectivity index (χ0n) is 18.8. The minimum absolute atomic E-state index is 0.00735. The molecule has 4 nitrogen and oxygen atoms in total. The van der Waals surface area contributed by atoms with E-state index in [1.807, 2.05) is 18.2 Å². The third kappa shape index (κ3) is 5.78. The van der Waals surface area contributed by atoms with E-state index in [1.165, 1.54) is 43.2 Å². The summed E-state index contributed by atoms with van der Waals surface area (Å²) in [4.78, 5) is 12.9. The Hall–Kier alpha value is -2.49. The van der Waals surface area contributed by atoms with Gasteiger partial charge in [-0.2, -0.15) is 0 Å². The number of rotatable bonds is 6. The van der Waals surface area contributed by atoms with E-state index in [1.54, 1.807) is 7.11 Å². The average Bonchev–Trinajstić information content (AvgIpc) is 2.71. The highest BCUT2D eigenvalue weighted by Crippen LogP contribution is 2.27. The molecule has 0 aliphatic heterocycles. The first-order chi connectivity index (χ1) is 14.5. The Balaban J connectivity index is 1.72. The molecule has 1 aliphatic carbocycles. The van der Waals surface area contributed by atoms with E-state index in [2.05, 4.69) is 38.2 Å². The number of benzene rings is 2. The molecule has 0 aromatic heterocycles. The SMILES string of the molecule is COc1ccc(C(=O)NC2CCCCCCC2)cc1COc1cc(C)cc(C)c1C. The molecule has 0 saturated heterocycles. The first-order valence-corrected chi connectivity index (χ1v) is 11.2. The molecule has 0 radical (unpaired) electrons. The summed E-state index contributed by atoms with van der Waals surface area (Å²) in [7, 11) is 1.65. The predicted molar refractivity (Wildman–Crippen MR) is 122 cm³/mol. The molecule has 162 valence electrons. The molecular formula is C26H35NO3. The van der Waals surface area contributed by atoms with Crippen molar-refractivity contribution in [3.63, 3.8) is 0 Å². The molecule has 2 aromatic carbocycles. The molecular weight excluding hydrogens is 374 g/mol. The number of hydrogen-bond donors (Lipinski definition) is 1. The Bertz CT molecular complexity index is 867. The molecule has 1 aliphatic rings. The van der Waals surface area contributed by atoms with Crippen molar-refractivity contribution in [3.05, 3.63) is 58.1 Å². The number of amides is 1. The van der Waals surface area contributed by atoms with Gasteiger partial charge in [0.1, 0.15) is 18.1 Å². The summed E-state index contributed by atoms with van der Waals surface area (Å²) in [6.45, 7) is 6.59. The monoisotopic (exact) mass is 409 g/mol. The largest absolute Gasteiger partial charge is 0.496 e. The number of carbonyl (C=O) groups is 1. The van der Waals surface area contributed by atoms with Gasteiger partial charge in [-0.05, 0) is 74.6 Å². The molecule has 0 unspecified atom stereocenters. The lowest BCUT2D eigenvalue weighted by molar-refractivity contribution is 0.0930. The van der Waals surface area contributed by atoms with Crippen LogP contribution >= 0.6 is 0 Å². The Morgan fingerprint density at radius 2 is 1.67 bits per heavy atom. The van der Waals surface area contributed by atoms with Crippen molar-refractivity contribution in [2.24, 2.45) is 0 Å². The van der Waals surface area contributed by atoms with Gasteiger partial charge in [0.25, 0.3) is 5.91 Å². The molecule has 1 amide bonds. The zero-order chi connectivity index (χ0) is 21.5. The van der Waals surface area contributed by atoms with Crippen LogP contribution in [0.2, 0.25) is 0 Å². The van der Waals surface area contributed by atoms with Crippen molar-refractivity contribution in [1.82, 2.24) is 5.32 Å². The number of ether oxygens (including phenoxy) is 2. The van der Waals surface area contributed by atoms with Crippen molar-refractivity contribution < 1.29 is 14.3 Å². The van der Waals surface area contributed by atoms with Crippen LogP contribution < -0.4 is 14.8 Å². The standard InChI is InChI=1S/C26H35NO3/c1-18-14-19(2)20(3)25(15-18)30-17-22-16-21(12-13-24(22)29-4)26(28)27-23-10-8-6-5-7-9-11-23/h12-16,23H,5-11,17H2,1-4H3,(H,27,28). The number of nitrogens with one attached hydrogen (secondary N) is 1. The summed E-state index contributed by atoms with van der Waals surface area (Å²) in [6, 6.07) is 10.1. The van der Waals surface area contributed by atoms with Gasteiger partial charge >= 0.3 is 0 Å². The summed E-state index contributed by atoms with van der Waals surface area (Å²) in [6.07, 6.45) is 8.41. The third-order valence-corrected chi connectivity index (χ3v) is 6.13. The van der Waals surface area contributed by atoms with Gasteiger partial charge in [0.2, 0.25) is 0 Å². The van der Waals surface area contributed by atoms with Crippen LogP contribution in [0.25, 0.3) is 0 Å². The minimum Gasteiger partial charge on any atom is -0.496 e. The summed E-state index contributed by atoms with van der Waals surface area (Å²) in [5.41, 5.74) is 5.06. The van der Waals surface area contributed by atoms with E-state index in [4.69, 9.17) is 9.47 Å². The third-order valence-electron chi connectivity index (χ3n) is 6.13. The van der Waals surface area contributed by atoms with Gasteiger partial charge in [0.15, 0.2) is 0 Å². The van der Waals surface area contributed by atoms with Gasteiger partial charge in [-0.3, -0.25) is 4.79 Å².